The molecular formula is C12H12Cl3NO3S. The van der Waals surface area contributed by atoms with Crippen LogP contribution in [0.1, 0.15) is 5.56 Å². The predicted octanol–water partition coefficient (Wildman–Crippen LogP) is 2.55. The van der Waals surface area contributed by atoms with Crippen LogP contribution in [0.2, 0.25) is 0 Å². The Bertz CT molecular complexity index is 628. The molecule has 1 aliphatic rings. The van der Waals surface area contributed by atoms with Crippen molar-refractivity contribution in [2.24, 2.45) is 5.92 Å². The van der Waals surface area contributed by atoms with Gasteiger partial charge in [0.15, 0.2) is 0 Å². The molecule has 0 spiro atoms. The molecule has 4 nitrogen and oxygen atoms in total. The van der Waals surface area contributed by atoms with Crippen LogP contribution in [-0.2, 0) is 14.8 Å². The third-order valence-corrected chi connectivity index (χ3v) is 6.28. The molecule has 110 valence electrons. The fourth-order valence-corrected chi connectivity index (χ4v) is 4.49. The summed E-state index contributed by atoms with van der Waals surface area (Å²) in [4.78, 5) is 12.1. The Morgan fingerprint density at radius 3 is 2.30 bits per heavy atom. The summed E-state index contributed by atoms with van der Waals surface area (Å²) in [6.45, 7) is 1.72. The highest BCUT2D eigenvalue weighted by Crippen LogP contribution is 2.41. The zero-order chi connectivity index (χ0) is 15.1. The fraction of sp³-hybridized carbons (Fsp3) is 0.417. The summed E-state index contributed by atoms with van der Waals surface area (Å²) in [7, 11) is -3.96. The zero-order valence-corrected chi connectivity index (χ0v) is 13.6. The number of alkyl halides is 3. The normalized spacial score (nSPS) is 22.3. The summed E-state index contributed by atoms with van der Waals surface area (Å²) in [5.41, 5.74) is 0.916. The van der Waals surface area contributed by atoms with E-state index in [-0.39, 0.29) is 17.3 Å². The molecule has 0 saturated carbocycles. The van der Waals surface area contributed by atoms with Crippen LogP contribution in [0.3, 0.4) is 0 Å². The molecule has 0 aliphatic carbocycles. The van der Waals surface area contributed by atoms with Crippen LogP contribution >= 0.6 is 34.8 Å². The van der Waals surface area contributed by atoms with Crippen molar-refractivity contribution in [3.05, 3.63) is 29.8 Å². The first-order valence-electron chi connectivity index (χ1n) is 5.79. The molecule has 1 atom stereocenters. The lowest BCUT2D eigenvalue weighted by molar-refractivity contribution is -0.124. The highest BCUT2D eigenvalue weighted by molar-refractivity contribution is 7.89. The highest BCUT2D eigenvalue weighted by Gasteiger charge is 2.55. The number of rotatable bonds is 3. The number of hydrogen-bond acceptors (Lipinski definition) is 3. The van der Waals surface area contributed by atoms with Gasteiger partial charge in [-0.3, -0.25) is 4.79 Å². The van der Waals surface area contributed by atoms with E-state index in [2.05, 4.69) is 0 Å². The number of halogens is 3. The topological polar surface area (TPSA) is 54.5 Å². The number of carbonyl (C=O) groups is 1. The molecule has 1 aromatic carbocycles. The molecule has 0 aromatic heterocycles. The van der Waals surface area contributed by atoms with Gasteiger partial charge in [-0.05, 0) is 19.1 Å². The van der Waals surface area contributed by atoms with Crippen LogP contribution in [0, 0.1) is 12.8 Å². The molecular weight excluding hydrogens is 345 g/mol. The maximum Gasteiger partial charge on any atom is 0.273 e. The van der Waals surface area contributed by atoms with Crippen LogP contribution in [0.15, 0.2) is 29.2 Å². The van der Waals surface area contributed by atoms with E-state index < -0.39 is 26.2 Å². The van der Waals surface area contributed by atoms with Gasteiger partial charge < -0.3 is 0 Å². The Morgan fingerprint density at radius 1 is 1.30 bits per heavy atom. The molecule has 1 aliphatic heterocycles. The second-order valence-corrected chi connectivity index (χ2v) is 8.19. The maximum atomic E-state index is 12.5. The second-order valence-electron chi connectivity index (χ2n) is 4.63. The van der Waals surface area contributed by atoms with Gasteiger partial charge in [-0.1, -0.05) is 40.9 Å². The highest BCUT2D eigenvalue weighted by atomic mass is 35.5. The smallest absolute Gasteiger partial charge is 0.270 e. The first kappa shape index (κ1) is 15.9. The van der Waals surface area contributed by atoms with Gasteiger partial charge in [0, 0.05) is 18.3 Å². The molecule has 1 saturated heterocycles. The summed E-state index contributed by atoms with van der Waals surface area (Å²) < 4.78 is 23.8. The number of aryl methyl sites for hydroxylation is 1. The van der Waals surface area contributed by atoms with Crippen molar-refractivity contribution in [2.75, 3.05) is 12.4 Å². The van der Waals surface area contributed by atoms with Gasteiger partial charge in [-0.2, -0.15) is 0 Å². The summed E-state index contributed by atoms with van der Waals surface area (Å²) >= 11 is 17.5. The number of carbonyl (C=O) groups excluding carboxylic acids is 1. The minimum absolute atomic E-state index is 0.00133. The van der Waals surface area contributed by atoms with E-state index >= 15 is 0 Å². The third-order valence-electron chi connectivity index (χ3n) is 3.21. The lowest BCUT2D eigenvalue weighted by atomic mass is 10.1. The molecule has 1 amide bonds. The minimum Gasteiger partial charge on any atom is -0.270 e. The Morgan fingerprint density at radius 2 is 1.85 bits per heavy atom. The van der Waals surface area contributed by atoms with Crippen molar-refractivity contribution in [2.45, 2.75) is 16.2 Å². The predicted molar refractivity (Wildman–Crippen MR) is 78.7 cm³/mol. The quantitative estimate of drug-likeness (QED) is 0.782. The van der Waals surface area contributed by atoms with E-state index in [0.29, 0.717) is 4.31 Å². The number of amides is 1. The average molecular weight is 357 g/mol. The first-order chi connectivity index (χ1) is 9.21. The summed E-state index contributed by atoms with van der Waals surface area (Å²) in [6.07, 6.45) is 0. The van der Waals surface area contributed by atoms with Crippen LogP contribution in [0.4, 0.5) is 0 Å². The van der Waals surface area contributed by atoms with Gasteiger partial charge >= 0.3 is 0 Å². The van der Waals surface area contributed by atoms with Gasteiger partial charge in [-0.25, -0.2) is 12.7 Å². The SMILES string of the molecule is Cc1ccc(S(=O)(=O)N2C[C@@H](CCl)C(Cl)(Cl)C2=O)cc1. The Balaban J connectivity index is 2.41. The second kappa shape index (κ2) is 5.37. The molecule has 0 radical (unpaired) electrons. The average Bonchev–Trinajstić information content (AvgIpc) is 2.61. The Kier molecular flexibility index (Phi) is 4.27. The molecule has 1 heterocycles. The number of nitrogens with zero attached hydrogens (tertiary/aromatic N) is 1. The van der Waals surface area contributed by atoms with Crippen LogP contribution < -0.4 is 0 Å². The van der Waals surface area contributed by atoms with E-state index in [1.165, 1.54) is 12.1 Å². The summed E-state index contributed by atoms with van der Waals surface area (Å²) in [5, 5.41) is 0. The van der Waals surface area contributed by atoms with Crippen molar-refractivity contribution in [3.63, 3.8) is 0 Å². The molecule has 1 aromatic rings. The van der Waals surface area contributed by atoms with E-state index in [1.807, 2.05) is 6.92 Å². The number of hydrogen-bond donors (Lipinski definition) is 0. The summed E-state index contributed by atoms with van der Waals surface area (Å²) in [5.74, 6) is -1.49. The van der Waals surface area contributed by atoms with Crippen molar-refractivity contribution in [3.8, 4) is 0 Å². The van der Waals surface area contributed by atoms with Gasteiger partial charge in [0.25, 0.3) is 15.9 Å². The standard InChI is InChI=1S/C12H12Cl3NO3S/c1-8-2-4-10(5-3-8)20(18,19)16-7-9(6-13)12(14,15)11(16)17/h2-5,9H,6-7H2,1H3/t9-/m1/s1. The Labute approximate surface area is 132 Å². The van der Waals surface area contributed by atoms with E-state index in [0.717, 1.165) is 5.56 Å². The van der Waals surface area contributed by atoms with Crippen molar-refractivity contribution >= 4 is 50.7 Å². The molecule has 8 heteroatoms. The lowest BCUT2D eigenvalue weighted by Crippen LogP contribution is -2.37. The first-order valence-corrected chi connectivity index (χ1v) is 8.52. The Hall–Kier alpha value is -0.490. The number of benzene rings is 1. The van der Waals surface area contributed by atoms with Gasteiger partial charge in [-0.15, -0.1) is 11.6 Å². The summed E-state index contributed by atoms with van der Waals surface area (Å²) in [6, 6.07) is 6.19. The molecule has 0 N–H and O–H groups in total. The lowest BCUT2D eigenvalue weighted by Gasteiger charge is -2.17. The number of sulfonamides is 1. The monoisotopic (exact) mass is 355 g/mol. The van der Waals surface area contributed by atoms with Gasteiger partial charge in [0.05, 0.1) is 4.90 Å². The van der Waals surface area contributed by atoms with Gasteiger partial charge in [0.2, 0.25) is 4.33 Å². The third kappa shape index (κ3) is 2.52. The van der Waals surface area contributed by atoms with E-state index in [4.69, 9.17) is 34.8 Å². The zero-order valence-electron chi connectivity index (χ0n) is 10.5. The van der Waals surface area contributed by atoms with Gasteiger partial charge in [0.1, 0.15) is 0 Å². The minimum atomic E-state index is -3.96. The molecule has 0 unspecified atom stereocenters. The van der Waals surface area contributed by atoms with Crippen LogP contribution in [-0.4, -0.2) is 35.4 Å². The van der Waals surface area contributed by atoms with Crippen LogP contribution in [0.5, 0.6) is 0 Å². The van der Waals surface area contributed by atoms with Crippen molar-refractivity contribution in [1.29, 1.82) is 0 Å². The fourth-order valence-electron chi connectivity index (χ4n) is 1.93. The van der Waals surface area contributed by atoms with E-state index in [9.17, 15) is 13.2 Å². The maximum absolute atomic E-state index is 12.5. The molecule has 0 bridgehead atoms. The molecule has 1 fully saturated rings. The van der Waals surface area contributed by atoms with E-state index in [1.54, 1.807) is 12.1 Å². The molecule has 2 rings (SSSR count). The van der Waals surface area contributed by atoms with Crippen molar-refractivity contribution < 1.29 is 13.2 Å². The largest absolute Gasteiger partial charge is 0.273 e. The van der Waals surface area contributed by atoms with Crippen molar-refractivity contribution in [1.82, 2.24) is 4.31 Å². The van der Waals surface area contributed by atoms with Crippen LogP contribution in [0.25, 0.3) is 0 Å². The molecule has 20 heavy (non-hydrogen) atoms.